The van der Waals surface area contributed by atoms with Crippen molar-refractivity contribution in [3.8, 4) is 16.9 Å². The van der Waals surface area contributed by atoms with Crippen LogP contribution in [0.4, 0.5) is 0 Å². The molecule has 0 fully saturated rings. The van der Waals surface area contributed by atoms with Crippen LogP contribution in [0.3, 0.4) is 0 Å². The minimum absolute atomic E-state index is 0.0349. The van der Waals surface area contributed by atoms with Crippen LogP contribution < -0.4 is 4.74 Å². The molecule has 23 heavy (non-hydrogen) atoms. The maximum Gasteiger partial charge on any atom is 0.335 e. The molecule has 3 heteroatoms. The molecule has 0 aliphatic carbocycles. The number of rotatable bonds is 5. The molecule has 0 saturated heterocycles. The first kappa shape index (κ1) is 16.7. The Morgan fingerprint density at radius 3 is 2.52 bits per heavy atom. The minimum Gasteiger partial charge on any atom is -0.423 e. The second kappa shape index (κ2) is 8.11. The number of hydrogen-bond acceptors (Lipinski definition) is 3. The predicted molar refractivity (Wildman–Crippen MR) is 93.1 cm³/mol. The predicted octanol–water partition coefficient (Wildman–Crippen LogP) is 4.23. The summed E-state index contributed by atoms with van der Waals surface area (Å²) in [7, 11) is 0. The second-order valence-corrected chi connectivity index (χ2v) is 5.10. The van der Waals surface area contributed by atoms with Crippen LogP contribution in [0, 0.1) is 0 Å². The van der Waals surface area contributed by atoms with Crippen molar-refractivity contribution in [2.24, 2.45) is 0 Å². The normalized spacial score (nSPS) is 11.7. The fourth-order valence-electron chi connectivity index (χ4n) is 2.21. The van der Waals surface area contributed by atoms with Gasteiger partial charge in [0.2, 0.25) is 0 Å². The zero-order chi connectivity index (χ0) is 16.7. The standard InChI is InChI=1S/C20H20O3/c1-3-5-20(22)23-19-7-4-6-18(14-19)17-10-8-16(9-11-17)15(2)12-13-21/h3-12,14,21H,13H2,1-2H3. The molecule has 0 aromatic heterocycles. The number of carbonyl (C=O) groups is 1. The van der Waals surface area contributed by atoms with Crippen molar-refractivity contribution in [2.75, 3.05) is 6.61 Å². The molecule has 1 N–H and O–H groups in total. The number of carbonyl (C=O) groups excluding carboxylic acids is 1. The lowest BCUT2D eigenvalue weighted by Gasteiger charge is -2.07. The molecule has 0 radical (unpaired) electrons. The summed E-state index contributed by atoms with van der Waals surface area (Å²) in [5, 5.41) is 8.95. The van der Waals surface area contributed by atoms with Gasteiger partial charge in [-0.2, -0.15) is 0 Å². The Balaban J connectivity index is 2.22. The lowest BCUT2D eigenvalue weighted by Crippen LogP contribution is -2.03. The Kier molecular flexibility index (Phi) is 5.89. The summed E-state index contributed by atoms with van der Waals surface area (Å²) in [6, 6.07) is 15.5. The van der Waals surface area contributed by atoms with Gasteiger partial charge in [-0.15, -0.1) is 0 Å². The van der Waals surface area contributed by atoms with Gasteiger partial charge in [0, 0.05) is 6.08 Å². The molecule has 0 atom stereocenters. The van der Waals surface area contributed by atoms with E-state index in [9.17, 15) is 4.79 Å². The van der Waals surface area contributed by atoms with Gasteiger partial charge in [-0.3, -0.25) is 0 Å². The lowest BCUT2D eigenvalue weighted by atomic mass is 10.0. The molecule has 0 amide bonds. The van der Waals surface area contributed by atoms with Gasteiger partial charge in [0.25, 0.3) is 0 Å². The van der Waals surface area contributed by atoms with Gasteiger partial charge in [0.1, 0.15) is 5.75 Å². The lowest BCUT2D eigenvalue weighted by molar-refractivity contribution is -0.128. The number of aliphatic hydroxyl groups is 1. The number of hydrogen-bond donors (Lipinski definition) is 1. The van der Waals surface area contributed by atoms with Gasteiger partial charge < -0.3 is 9.84 Å². The highest BCUT2D eigenvalue weighted by molar-refractivity contribution is 5.84. The molecule has 2 rings (SSSR count). The highest BCUT2D eigenvalue weighted by atomic mass is 16.5. The Bertz CT molecular complexity index is 725. The van der Waals surface area contributed by atoms with Crippen molar-refractivity contribution >= 4 is 11.5 Å². The van der Waals surface area contributed by atoms with Gasteiger partial charge in [-0.1, -0.05) is 48.6 Å². The van der Waals surface area contributed by atoms with Crippen molar-refractivity contribution in [2.45, 2.75) is 13.8 Å². The third-order valence-corrected chi connectivity index (χ3v) is 3.43. The Labute approximate surface area is 136 Å². The van der Waals surface area contributed by atoms with E-state index in [0.29, 0.717) is 5.75 Å². The van der Waals surface area contributed by atoms with Crippen molar-refractivity contribution in [1.82, 2.24) is 0 Å². The van der Waals surface area contributed by atoms with E-state index < -0.39 is 0 Å². The second-order valence-electron chi connectivity index (χ2n) is 5.10. The largest absolute Gasteiger partial charge is 0.423 e. The summed E-state index contributed by atoms with van der Waals surface area (Å²) in [5.41, 5.74) is 4.12. The smallest absolute Gasteiger partial charge is 0.335 e. The van der Waals surface area contributed by atoms with Crippen LogP contribution in [0.2, 0.25) is 0 Å². The average Bonchev–Trinajstić information content (AvgIpc) is 2.56. The molecule has 3 nitrogen and oxygen atoms in total. The van der Waals surface area contributed by atoms with E-state index in [1.165, 1.54) is 6.08 Å². The first-order valence-corrected chi connectivity index (χ1v) is 7.47. The van der Waals surface area contributed by atoms with Crippen molar-refractivity contribution in [3.05, 3.63) is 72.3 Å². The highest BCUT2D eigenvalue weighted by Crippen LogP contribution is 2.25. The van der Waals surface area contributed by atoms with Crippen LogP contribution in [0.15, 0.2) is 66.8 Å². The quantitative estimate of drug-likeness (QED) is 0.511. The zero-order valence-corrected chi connectivity index (χ0v) is 13.3. The first-order valence-electron chi connectivity index (χ1n) is 7.47. The van der Waals surface area contributed by atoms with Gasteiger partial charge in [0.15, 0.2) is 0 Å². The van der Waals surface area contributed by atoms with Crippen LogP contribution in [-0.4, -0.2) is 17.7 Å². The third-order valence-electron chi connectivity index (χ3n) is 3.43. The van der Waals surface area contributed by atoms with Crippen LogP contribution in [0.1, 0.15) is 19.4 Å². The van der Waals surface area contributed by atoms with E-state index in [0.717, 1.165) is 22.3 Å². The summed E-state index contributed by atoms with van der Waals surface area (Å²) >= 11 is 0. The van der Waals surface area contributed by atoms with Crippen LogP contribution in [-0.2, 0) is 4.79 Å². The van der Waals surface area contributed by atoms with E-state index in [1.807, 2.05) is 49.4 Å². The monoisotopic (exact) mass is 308 g/mol. The summed E-state index contributed by atoms with van der Waals surface area (Å²) in [6.07, 6.45) is 4.81. The Hall–Kier alpha value is -2.65. The molecule has 0 unspecified atom stereocenters. The molecular weight excluding hydrogens is 288 g/mol. The van der Waals surface area contributed by atoms with E-state index in [-0.39, 0.29) is 12.6 Å². The molecular formula is C20H20O3. The van der Waals surface area contributed by atoms with E-state index in [2.05, 4.69) is 0 Å². The summed E-state index contributed by atoms with van der Waals surface area (Å²) in [5.74, 6) is 0.135. The number of aliphatic hydroxyl groups excluding tert-OH is 1. The molecule has 0 aliphatic rings. The van der Waals surface area contributed by atoms with Gasteiger partial charge in [-0.05, 0) is 48.2 Å². The topological polar surface area (TPSA) is 46.5 Å². The molecule has 0 bridgehead atoms. The van der Waals surface area contributed by atoms with Gasteiger partial charge >= 0.3 is 5.97 Å². The maximum atomic E-state index is 11.5. The fourth-order valence-corrected chi connectivity index (χ4v) is 2.21. The first-order chi connectivity index (χ1) is 11.1. The molecule has 0 aliphatic heterocycles. The van der Waals surface area contributed by atoms with Gasteiger partial charge in [-0.25, -0.2) is 4.79 Å². The third kappa shape index (κ3) is 4.66. The van der Waals surface area contributed by atoms with Crippen LogP contribution >= 0.6 is 0 Å². The van der Waals surface area contributed by atoms with Crippen LogP contribution in [0.5, 0.6) is 5.75 Å². The molecule has 2 aromatic carbocycles. The number of allylic oxidation sites excluding steroid dienone is 2. The van der Waals surface area contributed by atoms with E-state index in [1.54, 1.807) is 25.1 Å². The Morgan fingerprint density at radius 1 is 1.13 bits per heavy atom. The van der Waals surface area contributed by atoms with E-state index >= 15 is 0 Å². The van der Waals surface area contributed by atoms with Crippen molar-refractivity contribution in [1.29, 1.82) is 0 Å². The molecule has 0 spiro atoms. The molecule has 118 valence electrons. The van der Waals surface area contributed by atoms with Crippen LogP contribution in [0.25, 0.3) is 16.7 Å². The van der Waals surface area contributed by atoms with Gasteiger partial charge in [0.05, 0.1) is 6.61 Å². The minimum atomic E-state index is -0.384. The van der Waals surface area contributed by atoms with E-state index in [4.69, 9.17) is 9.84 Å². The summed E-state index contributed by atoms with van der Waals surface area (Å²) in [4.78, 5) is 11.5. The van der Waals surface area contributed by atoms with Crippen molar-refractivity contribution in [3.63, 3.8) is 0 Å². The average molecular weight is 308 g/mol. The highest BCUT2D eigenvalue weighted by Gasteiger charge is 2.04. The maximum absolute atomic E-state index is 11.5. The summed E-state index contributed by atoms with van der Waals surface area (Å²) < 4.78 is 5.25. The summed E-state index contributed by atoms with van der Waals surface area (Å²) in [6.45, 7) is 3.77. The number of benzene rings is 2. The Morgan fingerprint density at radius 2 is 1.87 bits per heavy atom. The zero-order valence-electron chi connectivity index (χ0n) is 13.3. The SMILES string of the molecule is CC=CC(=O)Oc1cccc(-c2ccc(C(C)=CCO)cc2)c1. The molecule has 0 saturated carbocycles. The number of esters is 1. The number of ether oxygens (including phenoxy) is 1. The molecule has 0 heterocycles. The fraction of sp³-hybridized carbons (Fsp3) is 0.150. The van der Waals surface area contributed by atoms with Crippen molar-refractivity contribution < 1.29 is 14.6 Å². The molecule has 2 aromatic rings.